The van der Waals surface area contributed by atoms with Gasteiger partial charge in [0.05, 0.1) is 33.2 Å². The predicted molar refractivity (Wildman–Crippen MR) is 88.0 cm³/mol. The number of carbonyl (C=O) groups excluding carboxylic acids is 1. The largest absolute Gasteiger partial charge is 0.497 e. The molecule has 0 aliphatic rings. The number of nitrogens with zero attached hydrogens (tertiary/aromatic N) is 1. The normalized spacial score (nSPS) is 10.4. The van der Waals surface area contributed by atoms with Crippen LogP contribution < -0.4 is 19.5 Å². The van der Waals surface area contributed by atoms with Crippen molar-refractivity contribution in [2.75, 3.05) is 26.6 Å². The topological polar surface area (TPSA) is 69.7 Å². The van der Waals surface area contributed by atoms with Crippen LogP contribution in [0.1, 0.15) is 5.56 Å². The Morgan fingerprint density at radius 3 is 2.52 bits per heavy atom. The van der Waals surface area contributed by atoms with Gasteiger partial charge in [-0.1, -0.05) is 0 Å². The molecule has 2 rings (SSSR count). The summed E-state index contributed by atoms with van der Waals surface area (Å²) >= 11 is 0. The van der Waals surface area contributed by atoms with Gasteiger partial charge in [0.25, 0.3) is 0 Å². The number of hydrogen-bond acceptors (Lipinski definition) is 5. The molecule has 6 nitrogen and oxygen atoms in total. The predicted octanol–water partition coefficient (Wildman–Crippen LogP) is 2.76. The first-order chi connectivity index (χ1) is 11.2. The van der Waals surface area contributed by atoms with Crippen LogP contribution in [0.15, 0.2) is 42.6 Å². The average Bonchev–Trinajstić information content (AvgIpc) is 2.60. The number of anilines is 1. The summed E-state index contributed by atoms with van der Waals surface area (Å²) in [5, 5.41) is 2.71. The Labute approximate surface area is 134 Å². The molecule has 0 saturated heterocycles. The molecule has 1 amide bonds. The van der Waals surface area contributed by atoms with Crippen molar-refractivity contribution < 1.29 is 19.0 Å². The molecular weight excluding hydrogens is 296 g/mol. The van der Waals surface area contributed by atoms with Crippen LogP contribution in [0.3, 0.4) is 0 Å². The summed E-state index contributed by atoms with van der Waals surface area (Å²) in [5.41, 5.74) is 1.36. The molecule has 120 valence electrons. The standard InChI is InChI=1S/C17H18N2O4/c1-21-14-7-4-12(15(10-14)22-2)5-8-16(20)19-13-6-9-17(23-3)18-11-13/h4-11H,1-3H3,(H,19,20). The minimum Gasteiger partial charge on any atom is -0.497 e. The van der Waals surface area contributed by atoms with E-state index < -0.39 is 0 Å². The lowest BCUT2D eigenvalue weighted by molar-refractivity contribution is -0.111. The number of methoxy groups -OCH3 is 3. The summed E-state index contributed by atoms with van der Waals surface area (Å²) in [5.74, 6) is 1.53. The third-order valence-corrected chi connectivity index (χ3v) is 3.07. The molecule has 0 aliphatic heterocycles. The first-order valence-electron chi connectivity index (χ1n) is 6.87. The van der Waals surface area contributed by atoms with E-state index >= 15 is 0 Å². The van der Waals surface area contributed by atoms with E-state index in [-0.39, 0.29) is 5.91 Å². The van der Waals surface area contributed by atoms with Crippen molar-refractivity contribution in [1.29, 1.82) is 0 Å². The zero-order valence-corrected chi connectivity index (χ0v) is 13.2. The maximum Gasteiger partial charge on any atom is 0.248 e. The number of carbonyl (C=O) groups is 1. The molecule has 1 N–H and O–H groups in total. The molecule has 0 bridgehead atoms. The molecular formula is C17H18N2O4. The zero-order valence-electron chi connectivity index (χ0n) is 13.2. The van der Waals surface area contributed by atoms with E-state index in [9.17, 15) is 4.79 Å². The number of benzene rings is 1. The van der Waals surface area contributed by atoms with Crippen molar-refractivity contribution in [2.45, 2.75) is 0 Å². The van der Waals surface area contributed by atoms with Crippen molar-refractivity contribution in [2.24, 2.45) is 0 Å². The van der Waals surface area contributed by atoms with Gasteiger partial charge in [-0.3, -0.25) is 4.79 Å². The van der Waals surface area contributed by atoms with E-state index in [0.717, 1.165) is 5.56 Å². The van der Waals surface area contributed by atoms with Gasteiger partial charge in [-0.2, -0.15) is 0 Å². The fraction of sp³-hybridized carbons (Fsp3) is 0.176. The van der Waals surface area contributed by atoms with Crippen LogP contribution in [-0.4, -0.2) is 32.2 Å². The van der Waals surface area contributed by atoms with Gasteiger partial charge in [-0.05, 0) is 24.3 Å². The van der Waals surface area contributed by atoms with E-state index in [4.69, 9.17) is 14.2 Å². The molecule has 0 unspecified atom stereocenters. The van der Waals surface area contributed by atoms with Crippen molar-refractivity contribution in [3.8, 4) is 17.4 Å². The smallest absolute Gasteiger partial charge is 0.248 e. The summed E-state index contributed by atoms with van der Waals surface area (Å²) in [4.78, 5) is 16.0. The maximum atomic E-state index is 11.9. The van der Waals surface area contributed by atoms with Gasteiger partial charge in [0, 0.05) is 23.8 Å². The van der Waals surface area contributed by atoms with Crippen LogP contribution in [0.4, 0.5) is 5.69 Å². The number of rotatable bonds is 6. The second-order valence-corrected chi connectivity index (χ2v) is 4.52. The Morgan fingerprint density at radius 1 is 1.09 bits per heavy atom. The van der Waals surface area contributed by atoms with E-state index in [1.54, 1.807) is 44.6 Å². The molecule has 1 aromatic heterocycles. The number of pyridine rings is 1. The summed E-state index contributed by atoms with van der Waals surface area (Å²) in [6, 6.07) is 8.76. The highest BCUT2D eigenvalue weighted by Gasteiger charge is 2.04. The van der Waals surface area contributed by atoms with E-state index in [2.05, 4.69) is 10.3 Å². The SMILES string of the molecule is COc1ccc(C=CC(=O)Nc2ccc(OC)nc2)c(OC)c1. The van der Waals surface area contributed by atoms with Crippen LogP contribution in [-0.2, 0) is 4.79 Å². The summed E-state index contributed by atoms with van der Waals surface area (Å²) < 4.78 is 15.4. The van der Waals surface area contributed by atoms with Crippen molar-refractivity contribution in [3.05, 3.63) is 48.2 Å². The Balaban J connectivity index is 2.05. The first-order valence-corrected chi connectivity index (χ1v) is 6.87. The fourth-order valence-corrected chi connectivity index (χ4v) is 1.88. The van der Waals surface area contributed by atoms with Gasteiger partial charge >= 0.3 is 0 Å². The van der Waals surface area contributed by atoms with Crippen LogP contribution in [0.25, 0.3) is 6.08 Å². The minimum absolute atomic E-state index is 0.269. The van der Waals surface area contributed by atoms with Gasteiger partial charge in [0.15, 0.2) is 0 Å². The molecule has 0 saturated carbocycles. The van der Waals surface area contributed by atoms with Crippen LogP contribution in [0.5, 0.6) is 17.4 Å². The lowest BCUT2D eigenvalue weighted by Gasteiger charge is -2.07. The van der Waals surface area contributed by atoms with Crippen LogP contribution in [0.2, 0.25) is 0 Å². The van der Waals surface area contributed by atoms with Crippen LogP contribution >= 0.6 is 0 Å². The van der Waals surface area contributed by atoms with Gasteiger partial charge in [-0.15, -0.1) is 0 Å². The van der Waals surface area contributed by atoms with Crippen LogP contribution in [0, 0.1) is 0 Å². The third-order valence-electron chi connectivity index (χ3n) is 3.07. The molecule has 0 fully saturated rings. The summed E-state index contributed by atoms with van der Waals surface area (Å²) in [6.07, 6.45) is 4.62. The molecule has 6 heteroatoms. The quantitative estimate of drug-likeness (QED) is 0.830. The Kier molecular flexibility index (Phi) is 5.57. The number of nitrogens with one attached hydrogen (secondary N) is 1. The Bertz CT molecular complexity index is 696. The molecule has 2 aromatic rings. The molecule has 0 aliphatic carbocycles. The van der Waals surface area contributed by atoms with Crippen molar-refractivity contribution in [1.82, 2.24) is 4.98 Å². The zero-order chi connectivity index (χ0) is 16.7. The third kappa shape index (κ3) is 4.47. The van der Waals surface area contributed by atoms with E-state index in [0.29, 0.717) is 23.1 Å². The Morgan fingerprint density at radius 2 is 1.91 bits per heavy atom. The lowest BCUT2D eigenvalue weighted by Crippen LogP contribution is -2.08. The number of aromatic nitrogens is 1. The van der Waals surface area contributed by atoms with E-state index in [1.807, 2.05) is 6.07 Å². The average molecular weight is 314 g/mol. The number of hydrogen-bond donors (Lipinski definition) is 1. The van der Waals surface area contributed by atoms with Gasteiger partial charge in [-0.25, -0.2) is 4.98 Å². The molecule has 23 heavy (non-hydrogen) atoms. The highest BCUT2D eigenvalue weighted by atomic mass is 16.5. The molecule has 0 spiro atoms. The minimum atomic E-state index is -0.269. The monoisotopic (exact) mass is 314 g/mol. The molecule has 0 atom stereocenters. The number of amides is 1. The second kappa shape index (κ2) is 7.84. The highest BCUT2D eigenvalue weighted by Crippen LogP contribution is 2.25. The number of ether oxygens (including phenoxy) is 3. The summed E-state index contributed by atoms with van der Waals surface area (Å²) in [7, 11) is 4.68. The second-order valence-electron chi connectivity index (χ2n) is 4.52. The summed E-state index contributed by atoms with van der Waals surface area (Å²) in [6.45, 7) is 0. The first kappa shape index (κ1) is 16.4. The van der Waals surface area contributed by atoms with Crippen molar-refractivity contribution in [3.63, 3.8) is 0 Å². The fourth-order valence-electron chi connectivity index (χ4n) is 1.88. The van der Waals surface area contributed by atoms with Gasteiger partial charge in [0.2, 0.25) is 11.8 Å². The lowest BCUT2D eigenvalue weighted by atomic mass is 10.1. The van der Waals surface area contributed by atoms with Gasteiger partial charge in [0.1, 0.15) is 11.5 Å². The van der Waals surface area contributed by atoms with Gasteiger partial charge < -0.3 is 19.5 Å². The van der Waals surface area contributed by atoms with Crippen molar-refractivity contribution >= 4 is 17.7 Å². The molecule has 0 radical (unpaired) electrons. The maximum absolute atomic E-state index is 11.9. The Hall–Kier alpha value is -3.02. The highest BCUT2D eigenvalue weighted by molar-refractivity contribution is 6.02. The molecule has 1 aromatic carbocycles. The molecule has 1 heterocycles. The van der Waals surface area contributed by atoms with E-state index in [1.165, 1.54) is 19.4 Å².